The minimum Gasteiger partial charge on any atom is -0.377 e. The SMILES string of the molecule is C[C@@H]1COCCN1c1ncnc2nc(N3CCOC[C@@H]3C)[nH]c12. The van der Waals surface area contributed by atoms with Crippen molar-refractivity contribution in [2.75, 3.05) is 49.3 Å². The third-order valence-electron chi connectivity index (χ3n) is 4.54. The van der Waals surface area contributed by atoms with E-state index >= 15 is 0 Å². The first-order valence-corrected chi connectivity index (χ1v) is 8.13. The predicted molar refractivity (Wildman–Crippen MR) is 86.9 cm³/mol. The largest absolute Gasteiger partial charge is 0.377 e. The van der Waals surface area contributed by atoms with Crippen LogP contribution in [-0.4, -0.2) is 71.5 Å². The van der Waals surface area contributed by atoms with Crippen molar-refractivity contribution in [2.45, 2.75) is 25.9 Å². The molecule has 0 spiro atoms. The fourth-order valence-electron chi connectivity index (χ4n) is 3.24. The first kappa shape index (κ1) is 14.6. The molecular weight excluding hydrogens is 296 g/mol. The summed E-state index contributed by atoms with van der Waals surface area (Å²) in [6.07, 6.45) is 1.59. The summed E-state index contributed by atoms with van der Waals surface area (Å²) in [6, 6.07) is 0.582. The zero-order valence-corrected chi connectivity index (χ0v) is 13.5. The van der Waals surface area contributed by atoms with E-state index in [1.807, 2.05) is 0 Å². The lowest BCUT2D eigenvalue weighted by Gasteiger charge is -2.34. The Bertz CT molecular complexity index is 690. The van der Waals surface area contributed by atoms with Gasteiger partial charge in [-0.1, -0.05) is 0 Å². The third kappa shape index (κ3) is 2.61. The molecule has 0 radical (unpaired) electrons. The second kappa shape index (κ2) is 5.93. The first-order chi connectivity index (χ1) is 11.2. The number of morpholine rings is 2. The Labute approximate surface area is 134 Å². The monoisotopic (exact) mass is 318 g/mol. The number of aromatic amines is 1. The van der Waals surface area contributed by atoms with E-state index in [4.69, 9.17) is 9.47 Å². The Morgan fingerprint density at radius 2 is 1.74 bits per heavy atom. The standard InChI is InChI=1S/C15H22N6O2/c1-10-7-22-5-3-20(10)14-12-13(16-9-17-14)19-15(18-12)21-4-6-23-8-11(21)2/h9-11H,3-8H2,1-2H3,(H,16,17,18,19)/t10-,11+/m1/s1. The van der Waals surface area contributed by atoms with Crippen LogP contribution < -0.4 is 9.80 Å². The molecule has 0 aliphatic carbocycles. The molecule has 2 aromatic rings. The lowest BCUT2D eigenvalue weighted by Crippen LogP contribution is -2.44. The van der Waals surface area contributed by atoms with Gasteiger partial charge in [-0.15, -0.1) is 0 Å². The maximum absolute atomic E-state index is 5.53. The van der Waals surface area contributed by atoms with Gasteiger partial charge in [-0.05, 0) is 13.8 Å². The van der Waals surface area contributed by atoms with Gasteiger partial charge in [0.05, 0.1) is 38.5 Å². The van der Waals surface area contributed by atoms with Gasteiger partial charge in [0, 0.05) is 13.1 Å². The van der Waals surface area contributed by atoms with Crippen LogP contribution in [0.25, 0.3) is 11.2 Å². The minimum absolute atomic E-state index is 0.288. The molecule has 4 heterocycles. The number of fused-ring (bicyclic) bond motifs is 1. The van der Waals surface area contributed by atoms with Gasteiger partial charge in [0.2, 0.25) is 5.95 Å². The van der Waals surface area contributed by atoms with Crippen molar-refractivity contribution >= 4 is 22.9 Å². The third-order valence-corrected chi connectivity index (χ3v) is 4.54. The molecular formula is C15H22N6O2. The van der Waals surface area contributed by atoms with Crippen molar-refractivity contribution in [1.29, 1.82) is 0 Å². The van der Waals surface area contributed by atoms with E-state index < -0.39 is 0 Å². The molecule has 8 heteroatoms. The summed E-state index contributed by atoms with van der Waals surface area (Å²) < 4.78 is 11.0. The Morgan fingerprint density at radius 1 is 1.04 bits per heavy atom. The van der Waals surface area contributed by atoms with Crippen LogP contribution in [0.5, 0.6) is 0 Å². The summed E-state index contributed by atoms with van der Waals surface area (Å²) in [5, 5.41) is 0. The molecule has 2 aromatic heterocycles. The van der Waals surface area contributed by atoms with Gasteiger partial charge in [-0.2, -0.15) is 4.98 Å². The molecule has 2 fully saturated rings. The zero-order chi connectivity index (χ0) is 15.8. The Morgan fingerprint density at radius 3 is 2.43 bits per heavy atom. The average molecular weight is 318 g/mol. The van der Waals surface area contributed by atoms with Crippen molar-refractivity contribution in [3.8, 4) is 0 Å². The number of nitrogens with zero attached hydrogens (tertiary/aromatic N) is 5. The van der Waals surface area contributed by atoms with Gasteiger partial charge in [-0.25, -0.2) is 9.97 Å². The van der Waals surface area contributed by atoms with Crippen molar-refractivity contribution in [3.63, 3.8) is 0 Å². The number of H-pyrrole nitrogens is 1. The summed E-state index contributed by atoms with van der Waals surface area (Å²) in [7, 11) is 0. The second-order valence-electron chi connectivity index (χ2n) is 6.19. The van der Waals surface area contributed by atoms with Gasteiger partial charge >= 0.3 is 0 Å². The van der Waals surface area contributed by atoms with Crippen LogP contribution in [0.1, 0.15) is 13.8 Å². The minimum atomic E-state index is 0.288. The number of ether oxygens (including phenoxy) is 2. The summed E-state index contributed by atoms with van der Waals surface area (Å²) in [5.74, 6) is 1.75. The molecule has 0 aromatic carbocycles. The molecule has 2 saturated heterocycles. The lowest BCUT2D eigenvalue weighted by molar-refractivity contribution is 0.0981. The molecule has 4 rings (SSSR count). The van der Waals surface area contributed by atoms with Gasteiger partial charge in [-0.3, -0.25) is 0 Å². The topological polar surface area (TPSA) is 79.4 Å². The highest BCUT2D eigenvalue weighted by Crippen LogP contribution is 2.27. The second-order valence-corrected chi connectivity index (χ2v) is 6.19. The molecule has 8 nitrogen and oxygen atoms in total. The van der Waals surface area contributed by atoms with Crippen molar-refractivity contribution in [3.05, 3.63) is 6.33 Å². The molecule has 0 unspecified atom stereocenters. The number of imidazole rings is 1. The Balaban J connectivity index is 1.72. The fourth-order valence-corrected chi connectivity index (χ4v) is 3.24. The van der Waals surface area contributed by atoms with Crippen LogP contribution in [0, 0.1) is 0 Å². The van der Waals surface area contributed by atoms with Gasteiger partial charge in [0.25, 0.3) is 0 Å². The molecule has 2 aliphatic rings. The van der Waals surface area contributed by atoms with Crippen molar-refractivity contribution in [2.24, 2.45) is 0 Å². The summed E-state index contributed by atoms with van der Waals surface area (Å²) >= 11 is 0. The van der Waals surface area contributed by atoms with Crippen LogP contribution in [0.15, 0.2) is 6.33 Å². The van der Waals surface area contributed by atoms with Crippen LogP contribution in [-0.2, 0) is 9.47 Å². The summed E-state index contributed by atoms with van der Waals surface area (Å²) in [4.78, 5) is 21.4. The van der Waals surface area contributed by atoms with E-state index in [0.717, 1.165) is 50.2 Å². The molecule has 0 bridgehead atoms. The lowest BCUT2D eigenvalue weighted by atomic mass is 10.2. The van der Waals surface area contributed by atoms with E-state index in [9.17, 15) is 0 Å². The van der Waals surface area contributed by atoms with E-state index in [-0.39, 0.29) is 6.04 Å². The molecule has 124 valence electrons. The number of nitrogens with one attached hydrogen (secondary N) is 1. The quantitative estimate of drug-likeness (QED) is 0.877. The van der Waals surface area contributed by atoms with Gasteiger partial charge in [0.15, 0.2) is 11.5 Å². The highest BCUT2D eigenvalue weighted by molar-refractivity contribution is 5.85. The van der Waals surface area contributed by atoms with Crippen LogP contribution >= 0.6 is 0 Å². The molecule has 0 saturated carbocycles. The number of hydrogen-bond acceptors (Lipinski definition) is 7. The van der Waals surface area contributed by atoms with E-state index in [1.165, 1.54) is 0 Å². The predicted octanol–water partition coefficient (Wildman–Crippen LogP) is 0.803. The maximum atomic E-state index is 5.53. The van der Waals surface area contributed by atoms with Crippen molar-refractivity contribution < 1.29 is 9.47 Å². The van der Waals surface area contributed by atoms with E-state index in [2.05, 4.69) is 43.6 Å². The van der Waals surface area contributed by atoms with Crippen LogP contribution in [0.2, 0.25) is 0 Å². The average Bonchev–Trinajstić information content (AvgIpc) is 3.00. The van der Waals surface area contributed by atoms with E-state index in [0.29, 0.717) is 18.3 Å². The number of anilines is 2. The molecule has 1 N–H and O–H groups in total. The van der Waals surface area contributed by atoms with Gasteiger partial charge in [0.1, 0.15) is 11.8 Å². The smallest absolute Gasteiger partial charge is 0.205 e. The normalized spacial score (nSPS) is 26.0. The Kier molecular flexibility index (Phi) is 3.78. The highest BCUT2D eigenvalue weighted by Gasteiger charge is 2.26. The fraction of sp³-hybridized carbons (Fsp3) is 0.667. The summed E-state index contributed by atoms with van der Waals surface area (Å²) in [6.45, 7) is 8.82. The number of rotatable bonds is 2. The van der Waals surface area contributed by atoms with Gasteiger partial charge < -0.3 is 24.3 Å². The zero-order valence-electron chi connectivity index (χ0n) is 13.5. The number of hydrogen-bond donors (Lipinski definition) is 1. The molecule has 2 atom stereocenters. The van der Waals surface area contributed by atoms with E-state index in [1.54, 1.807) is 6.33 Å². The number of aromatic nitrogens is 4. The molecule has 23 heavy (non-hydrogen) atoms. The van der Waals surface area contributed by atoms with Crippen molar-refractivity contribution in [1.82, 2.24) is 19.9 Å². The first-order valence-electron chi connectivity index (χ1n) is 8.13. The van der Waals surface area contributed by atoms with Crippen LogP contribution in [0.3, 0.4) is 0 Å². The highest BCUT2D eigenvalue weighted by atomic mass is 16.5. The molecule has 2 aliphatic heterocycles. The summed E-state index contributed by atoms with van der Waals surface area (Å²) in [5.41, 5.74) is 1.61. The molecule has 0 amide bonds. The maximum Gasteiger partial charge on any atom is 0.205 e. The Hall–Kier alpha value is -1.93. The van der Waals surface area contributed by atoms with Crippen LogP contribution in [0.4, 0.5) is 11.8 Å².